The van der Waals surface area contributed by atoms with E-state index in [1.807, 2.05) is 13.0 Å². The average molecular weight is 375 g/mol. The summed E-state index contributed by atoms with van der Waals surface area (Å²) in [6.45, 7) is 3.60. The van der Waals surface area contributed by atoms with Crippen LogP contribution < -0.4 is 5.32 Å². The first-order valence-corrected chi connectivity index (χ1v) is 7.19. The van der Waals surface area contributed by atoms with Crippen LogP contribution in [0.25, 0.3) is 0 Å². The van der Waals surface area contributed by atoms with Crippen LogP contribution in [0.3, 0.4) is 0 Å². The predicted octanol–water partition coefficient (Wildman–Crippen LogP) is 4.72. The quantitative estimate of drug-likeness (QED) is 0.623. The van der Waals surface area contributed by atoms with E-state index < -0.39 is 0 Å². The zero-order valence-electron chi connectivity index (χ0n) is 10.7. The normalized spacial score (nSPS) is 10.4. The van der Waals surface area contributed by atoms with Gasteiger partial charge in [0.15, 0.2) is 6.29 Å². The fraction of sp³-hybridized carbons (Fsp3) is 0.154. The Labute approximate surface area is 134 Å². The second-order valence-corrected chi connectivity index (χ2v) is 5.77. The third-order valence-corrected chi connectivity index (χ3v) is 3.98. The van der Waals surface area contributed by atoms with Gasteiger partial charge in [0.25, 0.3) is 0 Å². The standard InChI is InChI=1S/C13H10BrCl2N3O/c1-6-3-9(14)11(4-10(6)15)19-13-8(5-20)12(16)17-7(2)18-13/h3-5H,1-2H3,(H,17,18,19). The summed E-state index contributed by atoms with van der Waals surface area (Å²) in [6.07, 6.45) is 0.619. The molecule has 0 spiro atoms. The van der Waals surface area contributed by atoms with E-state index in [0.29, 0.717) is 28.6 Å². The maximum absolute atomic E-state index is 11.1. The van der Waals surface area contributed by atoms with Gasteiger partial charge in [-0.25, -0.2) is 9.97 Å². The maximum Gasteiger partial charge on any atom is 0.156 e. The van der Waals surface area contributed by atoms with Crippen LogP contribution in [-0.2, 0) is 0 Å². The number of nitrogens with one attached hydrogen (secondary N) is 1. The smallest absolute Gasteiger partial charge is 0.156 e. The number of nitrogens with zero attached hydrogens (tertiary/aromatic N) is 2. The number of rotatable bonds is 3. The van der Waals surface area contributed by atoms with Gasteiger partial charge in [0, 0.05) is 9.50 Å². The number of benzene rings is 1. The number of carbonyl (C=O) groups excluding carboxylic acids is 1. The van der Waals surface area contributed by atoms with Gasteiger partial charge >= 0.3 is 0 Å². The third kappa shape index (κ3) is 3.11. The molecule has 1 heterocycles. The van der Waals surface area contributed by atoms with Gasteiger partial charge in [0.05, 0.1) is 11.3 Å². The molecule has 7 heteroatoms. The van der Waals surface area contributed by atoms with E-state index in [1.54, 1.807) is 13.0 Å². The van der Waals surface area contributed by atoms with Crippen molar-refractivity contribution in [3.05, 3.63) is 43.7 Å². The van der Waals surface area contributed by atoms with E-state index >= 15 is 0 Å². The van der Waals surface area contributed by atoms with Gasteiger partial charge in [-0.3, -0.25) is 4.79 Å². The number of hydrogen-bond donors (Lipinski definition) is 1. The summed E-state index contributed by atoms with van der Waals surface area (Å²) in [6, 6.07) is 3.63. The van der Waals surface area contributed by atoms with Gasteiger partial charge in [-0.1, -0.05) is 23.2 Å². The van der Waals surface area contributed by atoms with E-state index in [1.165, 1.54) is 0 Å². The average Bonchev–Trinajstić information content (AvgIpc) is 2.35. The van der Waals surface area contributed by atoms with Crippen LogP contribution in [0.5, 0.6) is 0 Å². The van der Waals surface area contributed by atoms with Crippen LogP contribution in [0, 0.1) is 13.8 Å². The Bertz CT molecular complexity index is 692. The number of aryl methyl sites for hydroxylation is 2. The molecule has 0 unspecified atom stereocenters. The molecule has 0 saturated carbocycles. The molecule has 0 radical (unpaired) electrons. The Morgan fingerprint density at radius 1 is 1.25 bits per heavy atom. The molecule has 0 aliphatic rings. The van der Waals surface area contributed by atoms with Crippen LogP contribution in [0.2, 0.25) is 10.2 Å². The largest absolute Gasteiger partial charge is 0.339 e. The summed E-state index contributed by atoms with van der Waals surface area (Å²) in [5.74, 6) is 0.815. The Kier molecular flexibility index (Phi) is 4.62. The van der Waals surface area contributed by atoms with Crippen molar-refractivity contribution in [3.63, 3.8) is 0 Å². The molecule has 0 saturated heterocycles. The molecule has 2 aromatic rings. The first-order valence-electron chi connectivity index (χ1n) is 5.64. The minimum absolute atomic E-state index is 0.115. The van der Waals surface area contributed by atoms with Crippen LogP contribution in [0.15, 0.2) is 16.6 Å². The van der Waals surface area contributed by atoms with Crippen LogP contribution in [0.1, 0.15) is 21.7 Å². The molecule has 0 aliphatic carbocycles. The van der Waals surface area contributed by atoms with Gasteiger partial charge in [-0.15, -0.1) is 0 Å². The van der Waals surface area contributed by atoms with Crippen molar-refractivity contribution in [2.24, 2.45) is 0 Å². The molecule has 1 aromatic heterocycles. The predicted molar refractivity (Wildman–Crippen MR) is 84.3 cm³/mol. The lowest BCUT2D eigenvalue weighted by Crippen LogP contribution is -2.04. The van der Waals surface area contributed by atoms with E-state index in [4.69, 9.17) is 23.2 Å². The molecule has 0 amide bonds. The van der Waals surface area contributed by atoms with Gasteiger partial charge in [0.2, 0.25) is 0 Å². The Balaban J connectivity index is 2.50. The number of hydrogen-bond acceptors (Lipinski definition) is 4. The van der Waals surface area contributed by atoms with Crippen molar-refractivity contribution in [2.45, 2.75) is 13.8 Å². The zero-order chi connectivity index (χ0) is 14.9. The molecule has 1 aromatic carbocycles. The molecule has 20 heavy (non-hydrogen) atoms. The van der Waals surface area contributed by atoms with Gasteiger partial charge in [-0.05, 0) is 47.5 Å². The van der Waals surface area contributed by atoms with Crippen LogP contribution >= 0.6 is 39.1 Å². The third-order valence-electron chi connectivity index (χ3n) is 2.63. The van der Waals surface area contributed by atoms with Crippen LogP contribution in [-0.4, -0.2) is 16.3 Å². The number of halogens is 3. The van der Waals surface area contributed by atoms with Crippen molar-refractivity contribution < 1.29 is 4.79 Å². The molecule has 0 aliphatic heterocycles. The first-order chi connectivity index (χ1) is 9.42. The molecule has 1 N–H and O–H groups in total. The topological polar surface area (TPSA) is 54.9 Å². The molecule has 0 fully saturated rings. The fourth-order valence-corrected chi connectivity index (χ4v) is 2.59. The van der Waals surface area contributed by atoms with E-state index in [0.717, 1.165) is 10.0 Å². The Morgan fingerprint density at radius 3 is 2.60 bits per heavy atom. The summed E-state index contributed by atoms with van der Waals surface area (Å²) >= 11 is 15.5. The molecular formula is C13H10BrCl2N3O. The maximum atomic E-state index is 11.1. The highest BCUT2D eigenvalue weighted by Gasteiger charge is 2.13. The summed E-state index contributed by atoms with van der Waals surface area (Å²) in [4.78, 5) is 19.3. The summed E-state index contributed by atoms with van der Waals surface area (Å²) < 4.78 is 0.809. The lowest BCUT2D eigenvalue weighted by atomic mass is 10.2. The molecule has 0 atom stereocenters. The fourth-order valence-electron chi connectivity index (χ4n) is 1.62. The summed E-state index contributed by atoms with van der Waals surface area (Å²) in [7, 11) is 0. The second kappa shape index (κ2) is 6.08. The van der Waals surface area contributed by atoms with Gasteiger partial charge in [-0.2, -0.15) is 0 Å². The minimum atomic E-state index is 0.115. The van der Waals surface area contributed by atoms with Crippen molar-refractivity contribution in [2.75, 3.05) is 5.32 Å². The summed E-state index contributed by atoms with van der Waals surface area (Å²) in [5, 5.41) is 3.77. The van der Waals surface area contributed by atoms with E-state index in [2.05, 4.69) is 31.2 Å². The molecule has 2 rings (SSSR count). The van der Waals surface area contributed by atoms with Crippen molar-refractivity contribution in [1.82, 2.24) is 9.97 Å². The summed E-state index contributed by atoms with van der Waals surface area (Å²) in [5.41, 5.74) is 1.84. The Hall–Kier alpha value is -1.17. The Morgan fingerprint density at radius 2 is 1.95 bits per heavy atom. The van der Waals surface area contributed by atoms with Crippen molar-refractivity contribution in [1.29, 1.82) is 0 Å². The molecular weight excluding hydrogens is 365 g/mol. The van der Waals surface area contributed by atoms with Crippen molar-refractivity contribution >= 4 is 56.9 Å². The SMILES string of the molecule is Cc1nc(Cl)c(C=O)c(Nc2cc(Cl)c(C)cc2Br)n1. The lowest BCUT2D eigenvalue weighted by Gasteiger charge is -2.12. The lowest BCUT2D eigenvalue weighted by molar-refractivity contribution is 0.112. The van der Waals surface area contributed by atoms with Gasteiger partial charge < -0.3 is 5.32 Å². The number of carbonyl (C=O) groups is 1. The molecule has 104 valence electrons. The van der Waals surface area contributed by atoms with E-state index in [9.17, 15) is 4.79 Å². The minimum Gasteiger partial charge on any atom is -0.339 e. The second-order valence-electron chi connectivity index (χ2n) is 4.15. The van der Waals surface area contributed by atoms with Crippen LogP contribution in [0.4, 0.5) is 11.5 Å². The van der Waals surface area contributed by atoms with E-state index in [-0.39, 0.29) is 10.7 Å². The highest BCUT2D eigenvalue weighted by atomic mass is 79.9. The first kappa shape index (κ1) is 15.2. The number of anilines is 2. The molecule has 4 nitrogen and oxygen atoms in total. The monoisotopic (exact) mass is 373 g/mol. The molecule has 0 bridgehead atoms. The van der Waals surface area contributed by atoms with Gasteiger partial charge in [0.1, 0.15) is 16.8 Å². The number of aromatic nitrogens is 2. The number of aldehydes is 1. The highest BCUT2D eigenvalue weighted by molar-refractivity contribution is 9.10. The van der Waals surface area contributed by atoms with Crippen molar-refractivity contribution in [3.8, 4) is 0 Å². The zero-order valence-corrected chi connectivity index (χ0v) is 13.8. The highest BCUT2D eigenvalue weighted by Crippen LogP contribution is 2.32.